The lowest BCUT2D eigenvalue weighted by Crippen LogP contribution is -2.37. The molecule has 41 heavy (non-hydrogen) atoms. The molecule has 9 nitrogen and oxygen atoms in total. The lowest BCUT2D eigenvalue weighted by Gasteiger charge is -2.29. The van der Waals surface area contributed by atoms with Crippen molar-refractivity contribution in [3.8, 4) is 17.2 Å². The van der Waals surface area contributed by atoms with Crippen molar-refractivity contribution in [1.29, 1.82) is 0 Å². The Balaban J connectivity index is 1.37. The predicted molar refractivity (Wildman–Crippen MR) is 150 cm³/mol. The van der Waals surface area contributed by atoms with Gasteiger partial charge in [0.25, 0.3) is 5.91 Å². The average Bonchev–Trinajstić information content (AvgIpc) is 3.53. The molecule has 0 aliphatic carbocycles. The Kier molecular flexibility index (Phi) is 6.86. The molecule has 2 saturated heterocycles. The largest absolute Gasteiger partial charge is 0.497 e. The van der Waals surface area contributed by atoms with Crippen LogP contribution in [0.4, 0.5) is 11.4 Å². The fourth-order valence-corrected chi connectivity index (χ4v) is 5.22. The number of esters is 1. The molecule has 2 amide bonds. The van der Waals surface area contributed by atoms with Crippen LogP contribution in [0.1, 0.15) is 22.0 Å². The highest BCUT2D eigenvalue weighted by Gasteiger charge is 2.60. The van der Waals surface area contributed by atoms with E-state index in [2.05, 4.69) is 0 Å². The molecule has 2 aliphatic heterocycles. The Morgan fingerprint density at radius 3 is 2.07 bits per heavy atom. The van der Waals surface area contributed by atoms with Crippen LogP contribution < -0.4 is 24.2 Å². The maximum Gasteiger partial charge on any atom is 0.343 e. The van der Waals surface area contributed by atoms with Gasteiger partial charge in [0.05, 0.1) is 37.2 Å². The molecule has 4 aromatic rings. The van der Waals surface area contributed by atoms with Gasteiger partial charge in [0.1, 0.15) is 11.7 Å². The number of ether oxygens (including phenoxy) is 3. The van der Waals surface area contributed by atoms with Gasteiger partial charge < -0.3 is 14.2 Å². The predicted octanol–water partition coefficient (Wildman–Crippen LogP) is 4.97. The monoisotopic (exact) mass is 550 g/mol. The summed E-state index contributed by atoms with van der Waals surface area (Å²) >= 11 is 0. The average molecular weight is 551 g/mol. The van der Waals surface area contributed by atoms with E-state index in [0.29, 0.717) is 34.0 Å². The number of methoxy groups -OCH3 is 2. The van der Waals surface area contributed by atoms with E-state index in [-0.39, 0.29) is 11.7 Å². The minimum Gasteiger partial charge on any atom is -0.497 e. The number of amides is 2. The number of fused-ring (bicyclic) bond motifs is 1. The fraction of sp³-hybridized carbons (Fsp3) is 0.156. The first-order chi connectivity index (χ1) is 20.0. The summed E-state index contributed by atoms with van der Waals surface area (Å²) in [6, 6.07) is 29.0. The molecule has 4 aromatic carbocycles. The summed E-state index contributed by atoms with van der Waals surface area (Å²) in [5, 5.41) is 1.60. The molecule has 0 saturated carbocycles. The van der Waals surface area contributed by atoms with Crippen molar-refractivity contribution in [1.82, 2.24) is 0 Å². The second-order valence-corrected chi connectivity index (χ2v) is 9.53. The van der Waals surface area contributed by atoms with E-state index in [1.165, 1.54) is 7.11 Å². The van der Waals surface area contributed by atoms with Crippen LogP contribution in [0.2, 0.25) is 0 Å². The molecule has 0 unspecified atom stereocenters. The number of rotatable bonds is 7. The van der Waals surface area contributed by atoms with Gasteiger partial charge in [0, 0.05) is 0 Å². The van der Waals surface area contributed by atoms with Crippen molar-refractivity contribution in [3.63, 3.8) is 0 Å². The summed E-state index contributed by atoms with van der Waals surface area (Å²) in [4.78, 5) is 47.6. The first-order valence-electron chi connectivity index (χ1n) is 13.0. The third kappa shape index (κ3) is 4.66. The number of carbonyl (C=O) groups excluding carboxylic acids is 3. The van der Waals surface area contributed by atoms with Gasteiger partial charge in [-0.25, -0.2) is 14.8 Å². The minimum absolute atomic E-state index is 0.223. The van der Waals surface area contributed by atoms with Crippen LogP contribution in [0.3, 0.4) is 0 Å². The fourth-order valence-electron chi connectivity index (χ4n) is 5.22. The summed E-state index contributed by atoms with van der Waals surface area (Å²) in [7, 11) is 3.02. The van der Waals surface area contributed by atoms with Gasteiger partial charge >= 0.3 is 5.97 Å². The van der Waals surface area contributed by atoms with Crippen LogP contribution in [-0.4, -0.2) is 38.1 Å². The Bertz CT molecular complexity index is 1590. The zero-order valence-corrected chi connectivity index (χ0v) is 22.3. The van der Waals surface area contributed by atoms with Crippen molar-refractivity contribution >= 4 is 29.2 Å². The third-order valence-electron chi connectivity index (χ3n) is 7.20. The zero-order valence-electron chi connectivity index (χ0n) is 22.3. The van der Waals surface area contributed by atoms with E-state index < -0.39 is 29.9 Å². The molecule has 0 aromatic heterocycles. The van der Waals surface area contributed by atoms with Crippen LogP contribution in [0.25, 0.3) is 0 Å². The van der Waals surface area contributed by atoms with Crippen molar-refractivity contribution in [3.05, 3.63) is 114 Å². The highest BCUT2D eigenvalue weighted by atomic mass is 16.7. The van der Waals surface area contributed by atoms with Crippen molar-refractivity contribution < 1.29 is 33.4 Å². The molecular weight excluding hydrogens is 524 g/mol. The summed E-state index contributed by atoms with van der Waals surface area (Å²) in [5.41, 5.74) is 2.16. The molecule has 9 heteroatoms. The van der Waals surface area contributed by atoms with Gasteiger partial charge in [0.15, 0.2) is 17.6 Å². The first kappa shape index (κ1) is 26.1. The Morgan fingerprint density at radius 2 is 1.41 bits per heavy atom. The standard InChI is InChI=1S/C32H26N2O7/c1-38-24-16-14-22(15-17-24)33-30(35)27-28(34(41-29(27)31(33)36)23-11-7-4-8-12-23)21-13-18-25(26(19-21)39-2)40-32(37)20-9-5-3-6-10-20/h3-19,27-29H,1-2H3/t27-,28-,29+/m1/s1. The molecule has 0 radical (unpaired) electrons. The van der Waals surface area contributed by atoms with Gasteiger partial charge in [-0.2, -0.15) is 0 Å². The third-order valence-corrected chi connectivity index (χ3v) is 7.20. The van der Waals surface area contributed by atoms with E-state index >= 15 is 0 Å². The molecule has 2 aliphatic rings. The lowest BCUT2D eigenvalue weighted by atomic mass is 9.90. The Morgan fingerprint density at radius 1 is 0.732 bits per heavy atom. The van der Waals surface area contributed by atoms with Crippen LogP contribution in [-0.2, 0) is 14.4 Å². The van der Waals surface area contributed by atoms with Crippen LogP contribution in [0.5, 0.6) is 17.2 Å². The molecule has 2 heterocycles. The summed E-state index contributed by atoms with van der Waals surface area (Å²) < 4.78 is 16.4. The van der Waals surface area contributed by atoms with Gasteiger partial charge in [-0.1, -0.05) is 42.5 Å². The topological polar surface area (TPSA) is 94.6 Å². The number of nitrogens with zero attached hydrogens (tertiary/aromatic N) is 2. The summed E-state index contributed by atoms with van der Waals surface area (Å²) in [5.74, 6) is -1.07. The smallest absolute Gasteiger partial charge is 0.343 e. The van der Waals surface area contributed by atoms with E-state index in [1.807, 2.05) is 36.4 Å². The molecule has 0 bridgehead atoms. The second kappa shape index (κ2) is 10.8. The number of hydrogen-bond acceptors (Lipinski definition) is 8. The van der Waals surface area contributed by atoms with E-state index in [0.717, 1.165) is 4.90 Å². The molecule has 206 valence electrons. The van der Waals surface area contributed by atoms with Crippen LogP contribution in [0, 0.1) is 5.92 Å². The summed E-state index contributed by atoms with van der Waals surface area (Å²) in [6.07, 6.45) is -1.03. The Labute approximate surface area is 236 Å². The highest BCUT2D eigenvalue weighted by molar-refractivity contribution is 6.24. The highest BCUT2D eigenvalue weighted by Crippen LogP contribution is 2.48. The van der Waals surface area contributed by atoms with E-state index in [1.54, 1.807) is 78.9 Å². The molecular formula is C32H26N2O7. The number of carbonyl (C=O) groups is 3. The van der Waals surface area contributed by atoms with Crippen LogP contribution in [0.15, 0.2) is 103 Å². The molecule has 6 rings (SSSR count). The maximum atomic E-state index is 13.9. The Hall–Kier alpha value is -5.15. The maximum absolute atomic E-state index is 13.9. The molecule has 3 atom stereocenters. The van der Waals surface area contributed by atoms with Gasteiger partial charge in [-0.15, -0.1) is 0 Å². The van der Waals surface area contributed by atoms with E-state index in [4.69, 9.17) is 19.0 Å². The second-order valence-electron chi connectivity index (χ2n) is 9.53. The van der Waals surface area contributed by atoms with Crippen molar-refractivity contribution in [2.45, 2.75) is 12.1 Å². The minimum atomic E-state index is -1.03. The lowest BCUT2D eigenvalue weighted by molar-refractivity contribution is -0.126. The van der Waals surface area contributed by atoms with Gasteiger partial charge in [-0.05, 0) is 66.2 Å². The van der Waals surface area contributed by atoms with Gasteiger partial charge in [0.2, 0.25) is 5.91 Å². The number of benzene rings is 4. The van der Waals surface area contributed by atoms with E-state index in [9.17, 15) is 14.4 Å². The SMILES string of the molecule is COc1ccc(N2C(=O)[C@H]3[C@H](ON(c4ccccc4)[C@@H]3c3ccc(OC(=O)c4ccccc4)c(OC)c3)C2=O)cc1. The molecule has 0 N–H and O–H groups in total. The number of para-hydroxylation sites is 1. The van der Waals surface area contributed by atoms with Gasteiger partial charge in [-0.3, -0.25) is 14.4 Å². The first-order valence-corrected chi connectivity index (χ1v) is 13.0. The quantitative estimate of drug-likeness (QED) is 0.181. The number of imide groups is 1. The number of hydrogen-bond donors (Lipinski definition) is 0. The normalized spacial score (nSPS) is 19.7. The van der Waals surface area contributed by atoms with Crippen LogP contribution >= 0.6 is 0 Å². The zero-order chi connectivity index (χ0) is 28.5. The number of hydroxylamine groups is 1. The van der Waals surface area contributed by atoms with Crippen molar-refractivity contribution in [2.75, 3.05) is 24.2 Å². The molecule has 0 spiro atoms. The summed E-state index contributed by atoms with van der Waals surface area (Å²) in [6.45, 7) is 0. The molecule has 2 fully saturated rings. The van der Waals surface area contributed by atoms with Crippen molar-refractivity contribution in [2.24, 2.45) is 5.92 Å². The number of anilines is 2.